The SMILES string of the molecule is [2H]C([2H])(O[P@@](=O)(C[C@@H](C)C(=O)OC(C)C)Oc1ccccc1)[C@H]1O[C@@H](n2cc(F)c3c(=O)[nH]c(C)nc32)C(O)(C#CCl)[C@H]1O. The van der Waals surface area contributed by atoms with Gasteiger partial charge in [-0.1, -0.05) is 25.1 Å². The number of esters is 1. The summed E-state index contributed by atoms with van der Waals surface area (Å²) in [6, 6.07) is 7.63. The van der Waals surface area contributed by atoms with Gasteiger partial charge in [0.2, 0.25) is 5.60 Å². The van der Waals surface area contributed by atoms with Gasteiger partial charge in [0.25, 0.3) is 5.56 Å². The summed E-state index contributed by atoms with van der Waals surface area (Å²) in [7, 11) is -4.63. The molecule has 1 unspecified atom stereocenters. The Morgan fingerprint density at radius 2 is 2.07 bits per heavy atom. The van der Waals surface area contributed by atoms with Gasteiger partial charge in [0, 0.05) is 11.6 Å². The third-order valence-electron chi connectivity index (χ3n) is 6.19. The van der Waals surface area contributed by atoms with Crippen LogP contribution in [0.25, 0.3) is 11.0 Å². The van der Waals surface area contributed by atoms with E-state index in [1.165, 1.54) is 26.0 Å². The average molecular weight is 628 g/mol. The number of halogens is 2. The van der Waals surface area contributed by atoms with E-state index in [9.17, 15) is 28.8 Å². The van der Waals surface area contributed by atoms with Gasteiger partial charge in [-0.15, -0.1) is 0 Å². The molecule has 0 radical (unpaired) electrons. The summed E-state index contributed by atoms with van der Waals surface area (Å²) >= 11 is 5.57. The van der Waals surface area contributed by atoms with Crippen LogP contribution in [0, 0.1) is 30.0 Å². The van der Waals surface area contributed by atoms with E-state index >= 15 is 0 Å². The molecule has 1 saturated heterocycles. The number of aliphatic hydroxyl groups excluding tert-OH is 1. The number of para-hydroxylation sites is 1. The first-order valence-corrected chi connectivity index (χ1v) is 14.8. The topological polar surface area (TPSA) is 162 Å². The second-order valence-electron chi connectivity index (χ2n) is 9.93. The maximum atomic E-state index is 14.9. The highest BCUT2D eigenvalue weighted by Crippen LogP contribution is 2.51. The zero-order valence-corrected chi connectivity index (χ0v) is 24.6. The molecule has 0 amide bonds. The molecule has 42 heavy (non-hydrogen) atoms. The van der Waals surface area contributed by atoms with Gasteiger partial charge in [0.15, 0.2) is 17.7 Å². The number of carbonyl (C=O) groups is 1. The van der Waals surface area contributed by atoms with Crippen LogP contribution in [0.3, 0.4) is 0 Å². The van der Waals surface area contributed by atoms with Crippen molar-refractivity contribution in [1.29, 1.82) is 0 Å². The van der Waals surface area contributed by atoms with Gasteiger partial charge in [0.05, 0.1) is 27.5 Å². The van der Waals surface area contributed by atoms with Crippen molar-refractivity contribution in [3.05, 3.63) is 58.5 Å². The Hall–Kier alpha value is -3.24. The Bertz CT molecular complexity index is 1710. The van der Waals surface area contributed by atoms with Crippen molar-refractivity contribution >= 4 is 36.2 Å². The Morgan fingerprint density at radius 3 is 2.71 bits per heavy atom. The molecular weight excluding hydrogens is 596 g/mol. The highest BCUT2D eigenvalue weighted by Gasteiger charge is 2.57. The Labute approximate surface area is 248 Å². The summed E-state index contributed by atoms with van der Waals surface area (Å²) in [5, 5.41) is 24.1. The van der Waals surface area contributed by atoms with Crippen molar-refractivity contribution < 1.29 is 45.2 Å². The first-order chi connectivity index (χ1) is 20.5. The van der Waals surface area contributed by atoms with Crippen molar-refractivity contribution in [2.75, 3.05) is 12.7 Å². The monoisotopic (exact) mass is 627 g/mol. The molecule has 3 aromatic rings. The van der Waals surface area contributed by atoms with Crippen LogP contribution >= 0.6 is 19.2 Å². The zero-order chi connectivity index (χ0) is 32.6. The van der Waals surface area contributed by atoms with Crippen LogP contribution in [-0.4, -0.2) is 67.4 Å². The van der Waals surface area contributed by atoms with Crippen molar-refractivity contribution in [2.45, 2.75) is 57.8 Å². The van der Waals surface area contributed by atoms with Crippen LogP contribution in [0.15, 0.2) is 41.3 Å². The quantitative estimate of drug-likeness (QED) is 0.173. The minimum Gasteiger partial charge on any atom is -0.463 e. The van der Waals surface area contributed by atoms with Crippen molar-refractivity contribution in [3.8, 4) is 17.0 Å². The molecule has 3 N–H and O–H groups in total. The molecule has 4 rings (SSSR count). The van der Waals surface area contributed by atoms with Crippen molar-refractivity contribution in [2.24, 2.45) is 5.92 Å². The molecule has 0 aliphatic carbocycles. The summed E-state index contributed by atoms with van der Waals surface area (Å²) < 4.78 is 69.1. The number of nitrogens with zero attached hydrogens (tertiary/aromatic N) is 2. The Morgan fingerprint density at radius 1 is 1.38 bits per heavy atom. The van der Waals surface area contributed by atoms with Gasteiger partial charge in [-0.25, -0.2) is 13.9 Å². The highest BCUT2D eigenvalue weighted by atomic mass is 35.5. The number of ether oxygens (including phenoxy) is 2. The lowest BCUT2D eigenvalue weighted by Gasteiger charge is -2.26. The molecule has 15 heteroatoms. The number of aliphatic hydroxyl groups is 2. The third kappa shape index (κ3) is 6.54. The van der Waals surface area contributed by atoms with E-state index in [1.54, 1.807) is 32.0 Å². The molecule has 1 aliphatic heterocycles. The lowest BCUT2D eigenvalue weighted by molar-refractivity contribution is -0.151. The fraction of sp³-hybridized carbons (Fsp3) is 0.444. The second kappa shape index (κ2) is 12.6. The van der Waals surface area contributed by atoms with Gasteiger partial charge in [0.1, 0.15) is 29.2 Å². The molecule has 6 atom stereocenters. The molecule has 12 nitrogen and oxygen atoms in total. The number of carbonyl (C=O) groups excluding carboxylic acids is 1. The van der Waals surface area contributed by atoms with Gasteiger partial charge in [-0.05, 0) is 50.4 Å². The molecule has 2 aromatic heterocycles. The molecule has 3 heterocycles. The van der Waals surface area contributed by atoms with E-state index in [1.807, 2.05) is 5.38 Å². The number of rotatable bonds is 10. The number of aromatic amines is 1. The number of aromatic nitrogens is 3. The Kier molecular flexibility index (Phi) is 8.62. The molecule has 1 aromatic carbocycles. The molecular formula is C27H30ClFN3O9P. The summed E-state index contributed by atoms with van der Waals surface area (Å²) in [4.78, 5) is 31.4. The first-order valence-electron chi connectivity index (χ1n) is 13.7. The van der Waals surface area contributed by atoms with Crippen LogP contribution in [0.1, 0.15) is 35.6 Å². The number of hydrogen-bond donors (Lipinski definition) is 3. The first kappa shape index (κ1) is 28.9. The molecule has 1 fully saturated rings. The van der Waals surface area contributed by atoms with Crippen LogP contribution in [-0.2, 0) is 23.4 Å². The minimum atomic E-state index is -4.63. The van der Waals surface area contributed by atoms with E-state index in [2.05, 4.69) is 15.9 Å². The lowest BCUT2D eigenvalue weighted by Crippen LogP contribution is -2.46. The maximum Gasteiger partial charge on any atom is 0.380 e. The van der Waals surface area contributed by atoms with Gasteiger partial charge in [-0.2, -0.15) is 0 Å². The van der Waals surface area contributed by atoms with Crippen molar-refractivity contribution in [1.82, 2.24) is 14.5 Å². The zero-order valence-electron chi connectivity index (χ0n) is 24.9. The van der Waals surface area contributed by atoms with E-state index < -0.39 is 79.1 Å². The van der Waals surface area contributed by atoms with Crippen LogP contribution in [0.2, 0.25) is 0 Å². The molecule has 1 aliphatic rings. The number of benzene rings is 1. The van der Waals surface area contributed by atoms with E-state index in [4.69, 9.17) is 32.9 Å². The summed E-state index contributed by atoms with van der Waals surface area (Å²) in [6.07, 6.45) is -6.70. The number of nitrogens with one attached hydrogen (secondary N) is 1. The summed E-state index contributed by atoms with van der Waals surface area (Å²) in [5.41, 5.74) is -3.87. The number of aryl methyl sites for hydroxylation is 1. The fourth-order valence-corrected chi connectivity index (χ4v) is 6.17. The highest BCUT2D eigenvalue weighted by molar-refractivity contribution is 7.54. The smallest absolute Gasteiger partial charge is 0.380 e. The van der Waals surface area contributed by atoms with Gasteiger partial charge >= 0.3 is 13.6 Å². The van der Waals surface area contributed by atoms with Crippen LogP contribution in [0.4, 0.5) is 4.39 Å². The average Bonchev–Trinajstić information content (AvgIpc) is 3.37. The normalized spacial score (nSPS) is 25.2. The largest absolute Gasteiger partial charge is 0.463 e. The van der Waals surface area contributed by atoms with Crippen LogP contribution < -0.4 is 10.1 Å². The van der Waals surface area contributed by atoms with Crippen molar-refractivity contribution in [3.63, 3.8) is 0 Å². The van der Waals surface area contributed by atoms with E-state index in [0.29, 0.717) is 0 Å². The molecule has 0 saturated carbocycles. The number of H-pyrrole nitrogens is 1. The van der Waals surface area contributed by atoms with E-state index in [-0.39, 0.29) is 17.2 Å². The number of hydrogen-bond acceptors (Lipinski definition) is 10. The standard InChI is InChI=1S/C27H30ClFN3O9P/c1-15(2)39-25(35)16(3)14-42(37,41-18-8-6-5-7-9-18)38-13-20-22(33)27(36,10-11-28)26(40-20)32-12-19(29)21-23(32)30-17(4)31-24(21)34/h5-9,12,15-16,20,22,26,33,36H,13-14H2,1-4H3,(H,30,31,34)/t16-,20-,22+,26-,27?,42+/m1/s1/i13D2. The number of fused-ring (bicyclic) bond motifs is 1. The predicted octanol–water partition coefficient (Wildman–Crippen LogP) is 3.24. The minimum absolute atomic E-state index is 0.0206. The molecule has 0 bridgehead atoms. The summed E-state index contributed by atoms with van der Waals surface area (Å²) in [6.45, 7) is 2.82. The lowest BCUT2D eigenvalue weighted by atomic mass is 9.95. The fourth-order valence-electron chi connectivity index (χ4n) is 4.30. The Balaban J connectivity index is 1.74. The van der Waals surface area contributed by atoms with E-state index in [0.717, 1.165) is 10.8 Å². The second-order valence-corrected chi connectivity index (χ2v) is 12.1. The maximum absolute atomic E-state index is 14.9. The third-order valence-corrected chi connectivity index (χ3v) is 8.15. The van der Waals surface area contributed by atoms with Gasteiger partial charge < -0.3 is 29.2 Å². The van der Waals surface area contributed by atoms with Gasteiger partial charge in [-0.3, -0.25) is 18.7 Å². The van der Waals surface area contributed by atoms with Crippen LogP contribution in [0.5, 0.6) is 5.75 Å². The summed E-state index contributed by atoms with van der Waals surface area (Å²) in [5.74, 6) is -0.651. The molecule has 226 valence electrons. The predicted molar refractivity (Wildman–Crippen MR) is 149 cm³/mol. The molecule has 0 spiro atoms.